The van der Waals surface area contributed by atoms with E-state index in [1.165, 1.54) is 28.8 Å². The first-order valence-corrected chi connectivity index (χ1v) is 17.2. The molecule has 0 saturated carbocycles. The smallest absolute Gasteiger partial charge is 0.264 e. The van der Waals surface area contributed by atoms with Crippen LogP contribution in [0.5, 0.6) is 0 Å². The number of carbonyl (C=O) groups excluding carboxylic acids is 2. The Morgan fingerprint density at radius 3 is 2.21 bits per heavy atom. The van der Waals surface area contributed by atoms with E-state index in [0.717, 1.165) is 27.6 Å². The summed E-state index contributed by atoms with van der Waals surface area (Å²) in [6.07, 6.45) is 3.93. The maximum Gasteiger partial charge on any atom is 0.264 e. The van der Waals surface area contributed by atoms with Gasteiger partial charge in [0.1, 0.15) is 12.6 Å². The van der Waals surface area contributed by atoms with Crippen molar-refractivity contribution in [1.82, 2.24) is 10.2 Å². The third-order valence-electron chi connectivity index (χ3n) is 6.82. The topological polar surface area (TPSA) is 86.8 Å². The minimum absolute atomic E-state index is 0.00124. The zero-order chi connectivity index (χ0) is 30.9. The Kier molecular flexibility index (Phi) is 12.6. The quantitative estimate of drug-likeness (QED) is 0.151. The number of thioether (sulfide) groups is 1. The van der Waals surface area contributed by atoms with E-state index in [2.05, 4.69) is 5.32 Å². The monoisotopic (exact) mass is 649 g/mol. The van der Waals surface area contributed by atoms with Crippen LogP contribution < -0.4 is 9.62 Å². The molecule has 1 N–H and O–H groups in total. The summed E-state index contributed by atoms with van der Waals surface area (Å²) in [4.78, 5) is 29.8. The molecular weight excluding hydrogens is 613 g/mol. The number of halogens is 2. The molecule has 3 aromatic carbocycles. The normalized spacial score (nSPS) is 12.0. The van der Waals surface area contributed by atoms with Crippen LogP contribution in [-0.4, -0.2) is 50.5 Å². The molecule has 1 unspecified atom stereocenters. The number of sulfonamides is 1. The molecule has 0 radical (unpaired) electrons. The molecule has 0 saturated heterocycles. The van der Waals surface area contributed by atoms with Crippen molar-refractivity contribution < 1.29 is 18.0 Å². The molecule has 7 nitrogen and oxygen atoms in total. The minimum atomic E-state index is -4.14. The van der Waals surface area contributed by atoms with Crippen LogP contribution in [0.2, 0.25) is 10.0 Å². The van der Waals surface area contributed by atoms with E-state index in [9.17, 15) is 18.0 Å². The third-order valence-corrected chi connectivity index (χ3v) is 9.94. The van der Waals surface area contributed by atoms with Crippen LogP contribution in [0, 0.1) is 6.92 Å². The van der Waals surface area contributed by atoms with Crippen molar-refractivity contribution in [2.75, 3.05) is 23.7 Å². The van der Waals surface area contributed by atoms with Gasteiger partial charge in [0, 0.05) is 28.0 Å². The second kappa shape index (κ2) is 15.7. The number of nitrogens with one attached hydrogen (secondary N) is 1. The molecule has 3 rings (SSSR count). The largest absolute Gasteiger partial charge is 0.354 e. The van der Waals surface area contributed by atoms with Gasteiger partial charge in [-0.15, -0.1) is 11.8 Å². The van der Waals surface area contributed by atoms with E-state index in [1.807, 2.05) is 27.0 Å². The third kappa shape index (κ3) is 8.66. The average molecular weight is 651 g/mol. The van der Waals surface area contributed by atoms with Gasteiger partial charge in [-0.3, -0.25) is 13.9 Å². The first-order valence-electron chi connectivity index (χ1n) is 13.8. The van der Waals surface area contributed by atoms with Gasteiger partial charge in [-0.25, -0.2) is 8.42 Å². The Morgan fingerprint density at radius 2 is 1.64 bits per heavy atom. The second-order valence-electron chi connectivity index (χ2n) is 9.85. The molecule has 2 amide bonds. The van der Waals surface area contributed by atoms with E-state index >= 15 is 0 Å². The fourth-order valence-corrected chi connectivity index (χ4v) is 6.66. The first kappa shape index (κ1) is 33.8. The van der Waals surface area contributed by atoms with Crippen LogP contribution in [-0.2, 0) is 26.2 Å². The van der Waals surface area contributed by atoms with Gasteiger partial charge >= 0.3 is 0 Å². The highest BCUT2D eigenvalue weighted by Crippen LogP contribution is 2.28. The zero-order valence-corrected chi connectivity index (χ0v) is 27.4. The molecule has 0 aliphatic carbocycles. The lowest BCUT2D eigenvalue weighted by Crippen LogP contribution is -2.52. The van der Waals surface area contributed by atoms with E-state index in [0.29, 0.717) is 34.3 Å². The molecule has 0 heterocycles. The summed E-state index contributed by atoms with van der Waals surface area (Å²) in [6.45, 7) is 5.70. The number of carbonyl (C=O) groups is 2. The number of anilines is 1. The van der Waals surface area contributed by atoms with Crippen LogP contribution in [0.4, 0.5) is 5.69 Å². The zero-order valence-electron chi connectivity index (χ0n) is 24.3. The lowest BCUT2D eigenvalue weighted by Gasteiger charge is -2.33. The summed E-state index contributed by atoms with van der Waals surface area (Å²) in [7, 11) is -4.14. The van der Waals surface area contributed by atoms with Gasteiger partial charge in [0.25, 0.3) is 10.0 Å². The lowest BCUT2D eigenvalue weighted by atomic mass is 10.1. The highest BCUT2D eigenvalue weighted by atomic mass is 35.5. The fraction of sp³-hybridized carbons (Fsp3) is 0.355. The maximum absolute atomic E-state index is 14.2. The molecular formula is C31H37Cl2N3O4S2. The van der Waals surface area contributed by atoms with Crippen LogP contribution in [0.15, 0.2) is 76.5 Å². The Morgan fingerprint density at radius 1 is 0.976 bits per heavy atom. The highest BCUT2D eigenvalue weighted by molar-refractivity contribution is 7.98. The Bertz CT molecular complexity index is 1470. The van der Waals surface area contributed by atoms with E-state index in [1.54, 1.807) is 54.6 Å². The van der Waals surface area contributed by atoms with Crippen molar-refractivity contribution in [2.45, 2.75) is 62.4 Å². The second-order valence-corrected chi connectivity index (χ2v) is 13.4. The van der Waals surface area contributed by atoms with Gasteiger partial charge in [0.05, 0.1) is 10.6 Å². The number of nitrogens with zero attached hydrogens (tertiary/aromatic N) is 2. The highest BCUT2D eigenvalue weighted by Gasteiger charge is 2.34. The van der Waals surface area contributed by atoms with E-state index in [4.69, 9.17) is 23.2 Å². The molecule has 0 spiro atoms. The summed E-state index contributed by atoms with van der Waals surface area (Å²) in [5.74, 6) is -0.842. The minimum Gasteiger partial charge on any atom is -0.354 e. The van der Waals surface area contributed by atoms with Crippen LogP contribution >= 0.6 is 35.0 Å². The molecule has 3 aromatic rings. The molecule has 0 aliphatic rings. The molecule has 0 aromatic heterocycles. The summed E-state index contributed by atoms with van der Waals surface area (Å²) >= 11 is 14.1. The van der Waals surface area contributed by atoms with Gasteiger partial charge < -0.3 is 10.2 Å². The van der Waals surface area contributed by atoms with Gasteiger partial charge in [0.15, 0.2) is 0 Å². The average Bonchev–Trinajstić information content (AvgIpc) is 2.97. The molecule has 0 aliphatic heterocycles. The lowest BCUT2D eigenvalue weighted by molar-refractivity contribution is -0.140. The number of unbranched alkanes of at least 4 members (excludes halogenated alkanes) is 1. The van der Waals surface area contributed by atoms with Crippen LogP contribution in [0.25, 0.3) is 0 Å². The summed E-state index contributed by atoms with van der Waals surface area (Å²) < 4.78 is 29.1. The number of rotatable bonds is 14. The summed E-state index contributed by atoms with van der Waals surface area (Å²) in [6, 6.07) is 17.6. The predicted octanol–water partition coefficient (Wildman–Crippen LogP) is 6.94. The number of benzene rings is 3. The van der Waals surface area contributed by atoms with Gasteiger partial charge in [-0.2, -0.15) is 0 Å². The van der Waals surface area contributed by atoms with Crippen molar-refractivity contribution >= 4 is 62.5 Å². The number of amides is 2. The summed E-state index contributed by atoms with van der Waals surface area (Å²) in [5.41, 5.74) is 1.87. The standard InChI is InChI=1S/C31H37Cl2N3O4S2/c1-5-7-18-34-31(38)29(6-2)35(20-23-10-11-24(32)19-28(23)33)30(37)21-36(25-12-8-22(3)9-13-25)42(39,40)27-16-14-26(41-4)15-17-27/h8-17,19,29H,5-7,18,20-21H2,1-4H3,(H,34,38). The van der Waals surface area contributed by atoms with Crippen molar-refractivity contribution in [3.8, 4) is 0 Å². The Labute approximate surface area is 263 Å². The SMILES string of the molecule is CCCCNC(=O)C(CC)N(Cc1ccc(Cl)cc1Cl)C(=O)CN(c1ccc(C)cc1)S(=O)(=O)c1ccc(SC)cc1. The van der Waals surface area contributed by atoms with Crippen molar-refractivity contribution in [3.05, 3.63) is 87.9 Å². The van der Waals surface area contributed by atoms with Crippen molar-refractivity contribution in [3.63, 3.8) is 0 Å². The molecule has 0 bridgehead atoms. The summed E-state index contributed by atoms with van der Waals surface area (Å²) in [5, 5.41) is 3.70. The molecule has 42 heavy (non-hydrogen) atoms. The number of hydrogen-bond acceptors (Lipinski definition) is 5. The molecule has 226 valence electrons. The van der Waals surface area contributed by atoms with E-state index in [-0.39, 0.29) is 17.3 Å². The Hall–Kier alpha value is -2.72. The molecule has 1 atom stereocenters. The van der Waals surface area contributed by atoms with Crippen molar-refractivity contribution in [2.24, 2.45) is 0 Å². The molecule has 11 heteroatoms. The number of aryl methyl sites for hydroxylation is 1. The van der Waals surface area contributed by atoms with Gasteiger partial charge in [0.2, 0.25) is 11.8 Å². The van der Waals surface area contributed by atoms with Crippen LogP contribution in [0.1, 0.15) is 44.2 Å². The maximum atomic E-state index is 14.2. The fourth-order valence-electron chi connectivity index (χ4n) is 4.37. The first-order chi connectivity index (χ1) is 20.0. The van der Waals surface area contributed by atoms with Crippen LogP contribution in [0.3, 0.4) is 0 Å². The molecule has 0 fully saturated rings. The van der Waals surface area contributed by atoms with E-state index < -0.39 is 28.5 Å². The Balaban J connectivity index is 2.05. The van der Waals surface area contributed by atoms with Gasteiger partial charge in [-0.05, 0) is 80.1 Å². The van der Waals surface area contributed by atoms with Crippen molar-refractivity contribution in [1.29, 1.82) is 0 Å². The number of hydrogen-bond donors (Lipinski definition) is 1. The van der Waals surface area contributed by atoms with Gasteiger partial charge in [-0.1, -0.05) is 67.2 Å². The predicted molar refractivity (Wildman–Crippen MR) is 173 cm³/mol.